The maximum absolute atomic E-state index is 11.6. The molecule has 3 aromatic carbocycles. The third-order valence-corrected chi connectivity index (χ3v) is 5.60. The molecule has 4 aromatic rings. The van der Waals surface area contributed by atoms with Gasteiger partial charge in [0.15, 0.2) is 0 Å². The number of aromatic nitrogens is 2. The van der Waals surface area contributed by atoms with E-state index in [2.05, 4.69) is 0 Å². The number of benzene rings is 3. The Morgan fingerprint density at radius 2 is 1.50 bits per heavy atom. The van der Waals surface area contributed by atoms with Crippen LogP contribution in [0, 0.1) is 0 Å². The number of phenolic OH excluding ortho intramolecular Hbond substituents is 1. The number of hydrogen-bond donors (Lipinski definition) is 2. The number of nitrogens with zero attached hydrogens (tertiary/aromatic N) is 2. The number of rotatable bonds is 5. The summed E-state index contributed by atoms with van der Waals surface area (Å²) in [5, 5.41) is 19.5. The molecule has 1 aromatic heterocycles. The summed E-state index contributed by atoms with van der Waals surface area (Å²) in [6, 6.07) is 22.5. The zero-order chi connectivity index (χ0) is 21.3. The van der Waals surface area contributed by atoms with E-state index in [9.17, 15) is 13.5 Å². The molecule has 0 aliphatic heterocycles. The molecule has 0 saturated heterocycles. The largest absolute Gasteiger partial charge is 0.508 e. The summed E-state index contributed by atoms with van der Waals surface area (Å²) in [6.07, 6.45) is 0. The molecule has 0 atom stereocenters. The van der Waals surface area contributed by atoms with E-state index < -0.39 is 10.0 Å². The van der Waals surface area contributed by atoms with Gasteiger partial charge in [0.05, 0.1) is 29.1 Å². The Hall–Kier alpha value is -3.62. The van der Waals surface area contributed by atoms with Crippen molar-refractivity contribution in [3.05, 3.63) is 78.9 Å². The number of ether oxygens (including phenoxy) is 1. The molecule has 0 spiro atoms. The average Bonchev–Trinajstić information content (AvgIpc) is 3.19. The third kappa shape index (κ3) is 3.91. The van der Waals surface area contributed by atoms with Crippen LogP contribution in [0.25, 0.3) is 28.2 Å². The number of sulfonamides is 1. The van der Waals surface area contributed by atoms with Crippen molar-refractivity contribution >= 4 is 10.0 Å². The monoisotopic (exact) mass is 421 g/mol. The Morgan fingerprint density at radius 3 is 2.07 bits per heavy atom. The van der Waals surface area contributed by atoms with E-state index >= 15 is 0 Å². The minimum absolute atomic E-state index is 0.0307. The van der Waals surface area contributed by atoms with Crippen LogP contribution in [-0.2, 0) is 10.0 Å². The molecular formula is C22H19N3O4S. The van der Waals surface area contributed by atoms with Gasteiger partial charge in [0.1, 0.15) is 11.5 Å². The number of phenols is 1. The Labute approximate surface area is 174 Å². The SMILES string of the molecule is COc1ccc(-c2cc(-c3ccc(O)cc3)nn2-c2ccc(S(N)(=O)=O)cc2)cc1. The van der Waals surface area contributed by atoms with Gasteiger partial charge < -0.3 is 9.84 Å². The van der Waals surface area contributed by atoms with E-state index in [0.29, 0.717) is 11.4 Å². The first-order valence-electron chi connectivity index (χ1n) is 9.02. The van der Waals surface area contributed by atoms with Gasteiger partial charge in [-0.3, -0.25) is 0 Å². The van der Waals surface area contributed by atoms with Crippen molar-refractivity contribution in [3.8, 4) is 39.7 Å². The number of aromatic hydroxyl groups is 1. The van der Waals surface area contributed by atoms with Crippen molar-refractivity contribution in [2.45, 2.75) is 4.90 Å². The summed E-state index contributed by atoms with van der Waals surface area (Å²) < 4.78 is 30.1. The maximum atomic E-state index is 11.6. The van der Waals surface area contributed by atoms with Crippen LogP contribution < -0.4 is 9.88 Å². The molecule has 7 nitrogen and oxygen atoms in total. The van der Waals surface area contributed by atoms with Crippen molar-refractivity contribution in [1.29, 1.82) is 0 Å². The fraction of sp³-hybridized carbons (Fsp3) is 0.0455. The molecule has 0 fully saturated rings. The van der Waals surface area contributed by atoms with Crippen LogP contribution >= 0.6 is 0 Å². The molecule has 0 saturated carbocycles. The van der Waals surface area contributed by atoms with Crippen LogP contribution in [0.3, 0.4) is 0 Å². The number of nitrogens with two attached hydrogens (primary N) is 1. The lowest BCUT2D eigenvalue weighted by atomic mass is 10.1. The number of methoxy groups -OCH3 is 1. The molecule has 1 heterocycles. The molecule has 0 aliphatic rings. The fourth-order valence-corrected chi connectivity index (χ4v) is 3.61. The molecule has 0 aliphatic carbocycles. The van der Waals surface area contributed by atoms with Gasteiger partial charge in [-0.1, -0.05) is 0 Å². The Balaban J connectivity index is 1.85. The van der Waals surface area contributed by atoms with Crippen molar-refractivity contribution in [2.75, 3.05) is 7.11 Å². The second-order valence-electron chi connectivity index (χ2n) is 6.64. The van der Waals surface area contributed by atoms with Crippen LogP contribution in [0.15, 0.2) is 83.8 Å². The highest BCUT2D eigenvalue weighted by Crippen LogP contribution is 2.30. The van der Waals surface area contributed by atoms with E-state index in [1.165, 1.54) is 12.1 Å². The van der Waals surface area contributed by atoms with Gasteiger partial charge in [-0.2, -0.15) is 5.10 Å². The van der Waals surface area contributed by atoms with Gasteiger partial charge in [-0.15, -0.1) is 0 Å². The van der Waals surface area contributed by atoms with E-state index in [1.54, 1.807) is 48.2 Å². The zero-order valence-corrected chi connectivity index (χ0v) is 16.9. The van der Waals surface area contributed by atoms with Gasteiger partial charge in [0.2, 0.25) is 10.0 Å². The van der Waals surface area contributed by atoms with Gasteiger partial charge in [0, 0.05) is 11.1 Å². The van der Waals surface area contributed by atoms with E-state index in [4.69, 9.17) is 15.0 Å². The maximum Gasteiger partial charge on any atom is 0.238 e. The molecule has 3 N–H and O–H groups in total. The minimum atomic E-state index is -3.78. The highest BCUT2D eigenvalue weighted by atomic mass is 32.2. The second-order valence-corrected chi connectivity index (χ2v) is 8.20. The first-order valence-corrected chi connectivity index (χ1v) is 10.6. The Morgan fingerprint density at radius 1 is 0.900 bits per heavy atom. The molecule has 0 unspecified atom stereocenters. The zero-order valence-electron chi connectivity index (χ0n) is 16.1. The molecule has 8 heteroatoms. The van der Waals surface area contributed by atoms with E-state index in [-0.39, 0.29) is 10.6 Å². The van der Waals surface area contributed by atoms with Crippen LogP contribution in [-0.4, -0.2) is 30.4 Å². The van der Waals surface area contributed by atoms with Gasteiger partial charge >= 0.3 is 0 Å². The predicted molar refractivity (Wildman–Crippen MR) is 114 cm³/mol. The molecule has 0 radical (unpaired) electrons. The first-order chi connectivity index (χ1) is 14.3. The van der Waals surface area contributed by atoms with Crippen LogP contribution in [0.1, 0.15) is 0 Å². The van der Waals surface area contributed by atoms with Gasteiger partial charge in [-0.05, 0) is 78.9 Å². The lowest BCUT2D eigenvalue weighted by molar-refractivity contribution is 0.415. The molecule has 152 valence electrons. The third-order valence-electron chi connectivity index (χ3n) is 4.67. The highest BCUT2D eigenvalue weighted by molar-refractivity contribution is 7.89. The van der Waals surface area contributed by atoms with Gasteiger partial charge in [-0.25, -0.2) is 18.2 Å². The van der Waals surface area contributed by atoms with Crippen LogP contribution in [0.4, 0.5) is 0 Å². The summed E-state index contributed by atoms with van der Waals surface area (Å²) in [5.41, 5.74) is 3.94. The van der Waals surface area contributed by atoms with Crippen LogP contribution in [0.2, 0.25) is 0 Å². The first kappa shape index (κ1) is 19.7. The summed E-state index contributed by atoms with van der Waals surface area (Å²) in [4.78, 5) is 0.0307. The van der Waals surface area contributed by atoms with Crippen LogP contribution in [0.5, 0.6) is 11.5 Å². The fourth-order valence-electron chi connectivity index (χ4n) is 3.10. The normalized spacial score (nSPS) is 11.4. The lowest BCUT2D eigenvalue weighted by Gasteiger charge is -2.09. The Bertz CT molecular complexity index is 1280. The summed E-state index contributed by atoms with van der Waals surface area (Å²) in [7, 11) is -2.17. The Kier molecular flexibility index (Phi) is 5.03. The van der Waals surface area contributed by atoms with Crippen molar-refractivity contribution in [1.82, 2.24) is 9.78 Å². The number of primary sulfonamides is 1. The van der Waals surface area contributed by atoms with Crippen molar-refractivity contribution in [2.24, 2.45) is 5.14 Å². The summed E-state index contributed by atoms with van der Waals surface area (Å²) >= 11 is 0. The summed E-state index contributed by atoms with van der Waals surface area (Å²) in [6.45, 7) is 0. The summed E-state index contributed by atoms with van der Waals surface area (Å²) in [5.74, 6) is 0.910. The van der Waals surface area contributed by atoms with Crippen molar-refractivity contribution < 1.29 is 18.3 Å². The topological polar surface area (TPSA) is 107 Å². The molecular weight excluding hydrogens is 402 g/mol. The molecule has 0 bridgehead atoms. The van der Waals surface area contributed by atoms with E-state index in [0.717, 1.165) is 22.6 Å². The van der Waals surface area contributed by atoms with Crippen molar-refractivity contribution in [3.63, 3.8) is 0 Å². The molecule has 0 amide bonds. The standard InChI is InChI=1S/C22H19N3O4S/c1-29-19-10-4-16(5-11-19)22-14-21(15-2-8-18(26)9-3-15)24-25(22)17-6-12-20(13-7-17)30(23,27)28/h2-14,26H,1H3,(H2,23,27,28). The smallest absolute Gasteiger partial charge is 0.238 e. The average molecular weight is 421 g/mol. The second kappa shape index (κ2) is 7.66. The quantitative estimate of drug-likeness (QED) is 0.512. The van der Waals surface area contributed by atoms with E-state index in [1.807, 2.05) is 30.3 Å². The number of hydrogen-bond acceptors (Lipinski definition) is 5. The minimum Gasteiger partial charge on any atom is -0.508 e. The van der Waals surface area contributed by atoms with Gasteiger partial charge in [0.25, 0.3) is 0 Å². The molecule has 30 heavy (non-hydrogen) atoms. The lowest BCUT2D eigenvalue weighted by Crippen LogP contribution is -2.12. The predicted octanol–water partition coefficient (Wildman–Crippen LogP) is 3.57. The molecule has 4 rings (SSSR count). The highest BCUT2D eigenvalue weighted by Gasteiger charge is 2.15.